The van der Waals surface area contributed by atoms with Crippen molar-refractivity contribution in [3.8, 4) is 5.75 Å². The van der Waals surface area contributed by atoms with Gasteiger partial charge in [-0.25, -0.2) is 0 Å². The van der Waals surface area contributed by atoms with Gasteiger partial charge in [0, 0.05) is 4.90 Å². The van der Waals surface area contributed by atoms with Gasteiger partial charge < -0.3 is 10.2 Å². The molecular weight excluding hydrogens is 200 g/mol. The maximum Gasteiger partial charge on any atom is 0.310 e. The molecule has 0 aliphatic carbocycles. The third-order valence-electron chi connectivity index (χ3n) is 2.07. The van der Waals surface area contributed by atoms with Crippen molar-refractivity contribution >= 4 is 17.7 Å². The smallest absolute Gasteiger partial charge is 0.310 e. The number of thioether (sulfide) groups is 1. The number of carboxylic acids is 1. The molecule has 3 nitrogen and oxygen atoms in total. The van der Waals surface area contributed by atoms with Crippen LogP contribution in [0.2, 0.25) is 0 Å². The first-order valence-electron chi connectivity index (χ1n) is 4.16. The first-order chi connectivity index (χ1) is 6.56. The number of carboxylic acid groups (broad SMARTS) is 1. The highest BCUT2D eigenvalue weighted by molar-refractivity contribution is 7.98. The van der Waals surface area contributed by atoms with Gasteiger partial charge in [-0.1, -0.05) is 6.07 Å². The van der Waals surface area contributed by atoms with Crippen LogP contribution < -0.4 is 0 Å². The highest BCUT2D eigenvalue weighted by Crippen LogP contribution is 2.29. The van der Waals surface area contributed by atoms with E-state index in [1.807, 2.05) is 6.26 Å². The molecule has 1 unspecified atom stereocenters. The Balaban J connectivity index is 3.02. The SMILES string of the molecule is CSc1ccc(C(C)C(=O)O)cc1O. The molecule has 1 rings (SSSR count). The van der Waals surface area contributed by atoms with Crippen LogP contribution in [0.1, 0.15) is 18.4 Å². The number of phenols is 1. The van der Waals surface area contributed by atoms with Gasteiger partial charge in [-0.3, -0.25) is 4.79 Å². The molecule has 0 heterocycles. The summed E-state index contributed by atoms with van der Waals surface area (Å²) in [6, 6.07) is 4.96. The lowest BCUT2D eigenvalue weighted by molar-refractivity contribution is -0.138. The summed E-state index contributed by atoms with van der Waals surface area (Å²) < 4.78 is 0. The standard InChI is InChI=1S/C10H12O3S/c1-6(10(12)13)7-3-4-9(14-2)8(11)5-7/h3-6,11H,1-2H3,(H,12,13). The molecule has 0 bridgehead atoms. The zero-order valence-corrected chi connectivity index (χ0v) is 8.84. The van der Waals surface area contributed by atoms with Crippen molar-refractivity contribution in [3.63, 3.8) is 0 Å². The quantitative estimate of drug-likeness (QED) is 0.755. The van der Waals surface area contributed by atoms with E-state index >= 15 is 0 Å². The average Bonchev–Trinajstić information content (AvgIpc) is 2.16. The van der Waals surface area contributed by atoms with E-state index in [1.165, 1.54) is 17.8 Å². The largest absolute Gasteiger partial charge is 0.507 e. The molecular formula is C10H12O3S. The topological polar surface area (TPSA) is 57.5 Å². The zero-order chi connectivity index (χ0) is 10.7. The molecule has 0 spiro atoms. The minimum absolute atomic E-state index is 0.142. The van der Waals surface area contributed by atoms with Gasteiger partial charge in [0.1, 0.15) is 5.75 Å². The third-order valence-corrected chi connectivity index (χ3v) is 2.86. The molecule has 0 amide bonds. The molecule has 76 valence electrons. The van der Waals surface area contributed by atoms with Crippen molar-refractivity contribution in [1.82, 2.24) is 0 Å². The van der Waals surface area contributed by atoms with Crippen molar-refractivity contribution < 1.29 is 15.0 Å². The van der Waals surface area contributed by atoms with Gasteiger partial charge in [-0.15, -0.1) is 11.8 Å². The van der Waals surface area contributed by atoms with Crippen molar-refractivity contribution in [2.75, 3.05) is 6.26 Å². The van der Waals surface area contributed by atoms with Crippen molar-refractivity contribution in [2.45, 2.75) is 17.7 Å². The van der Waals surface area contributed by atoms with Crippen molar-refractivity contribution in [3.05, 3.63) is 23.8 Å². The van der Waals surface area contributed by atoms with E-state index in [2.05, 4.69) is 0 Å². The van der Waals surface area contributed by atoms with Crippen LogP contribution in [0.3, 0.4) is 0 Å². The summed E-state index contributed by atoms with van der Waals surface area (Å²) in [5, 5.41) is 18.3. The molecule has 1 aromatic rings. The van der Waals surface area contributed by atoms with Gasteiger partial charge in [0.15, 0.2) is 0 Å². The lowest BCUT2D eigenvalue weighted by Gasteiger charge is -2.08. The Kier molecular flexibility index (Phi) is 3.41. The van der Waals surface area contributed by atoms with Crippen LogP contribution in [-0.2, 0) is 4.79 Å². The number of rotatable bonds is 3. The van der Waals surface area contributed by atoms with Gasteiger partial charge in [0.2, 0.25) is 0 Å². The number of hydrogen-bond donors (Lipinski definition) is 2. The van der Waals surface area contributed by atoms with E-state index in [-0.39, 0.29) is 5.75 Å². The maximum absolute atomic E-state index is 10.7. The van der Waals surface area contributed by atoms with Gasteiger partial charge in [0.25, 0.3) is 0 Å². The van der Waals surface area contributed by atoms with Crippen LogP contribution >= 0.6 is 11.8 Å². The average molecular weight is 212 g/mol. The van der Waals surface area contributed by atoms with Gasteiger partial charge in [0.05, 0.1) is 5.92 Å². The first-order valence-corrected chi connectivity index (χ1v) is 5.38. The molecule has 1 aromatic carbocycles. The predicted molar refractivity (Wildman–Crippen MR) is 55.9 cm³/mol. The lowest BCUT2D eigenvalue weighted by atomic mass is 10.0. The van der Waals surface area contributed by atoms with E-state index in [4.69, 9.17) is 5.11 Å². The molecule has 0 saturated carbocycles. The fourth-order valence-corrected chi connectivity index (χ4v) is 1.59. The normalized spacial score (nSPS) is 12.4. The second kappa shape index (κ2) is 4.37. The van der Waals surface area contributed by atoms with Crippen molar-refractivity contribution in [2.24, 2.45) is 0 Å². The van der Waals surface area contributed by atoms with E-state index < -0.39 is 11.9 Å². The van der Waals surface area contributed by atoms with Crippen LogP contribution in [0.5, 0.6) is 5.75 Å². The summed E-state index contributed by atoms with van der Waals surface area (Å²) in [7, 11) is 0. The number of aromatic hydroxyl groups is 1. The number of carbonyl (C=O) groups is 1. The highest BCUT2D eigenvalue weighted by atomic mass is 32.2. The summed E-state index contributed by atoms with van der Waals surface area (Å²) in [4.78, 5) is 11.4. The van der Waals surface area contributed by atoms with E-state index in [0.29, 0.717) is 5.56 Å². The zero-order valence-electron chi connectivity index (χ0n) is 8.02. The molecule has 0 aliphatic rings. The van der Waals surface area contributed by atoms with Crippen LogP contribution in [0, 0.1) is 0 Å². The summed E-state index contributed by atoms with van der Waals surface area (Å²) in [5.74, 6) is -1.33. The summed E-state index contributed by atoms with van der Waals surface area (Å²) in [6.07, 6.45) is 1.86. The number of benzene rings is 1. The van der Waals surface area contributed by atoms with E-state index in [1.54, 1.807) is 19.1 Å². The fraction of sp³-hybridized carbons (Fsp3) is 0.300. The van der Waals surface area contributed by atoms with Gasteiger partial charge in [-0.2, -0.15) is 0 Å². The van der Waals surface area contributed by atoms with Crippen LogP contribution in [0.15, 0.2) is 23.1 Å². The molecule has 0 fully saturated rings. The maximum atomic E-state index is 10.7. The van der Waals surface area contributed by atoms with Crippen LogP contribution in [0.4, 0.5) is 0 Å². The minimum atomic E-state index is -0.888. The molecule has 0 aromatic heterocycles. The molecule has 0 saturated heterocycles. The summed E-state index contributed by atoms with van der Waals surface area (Å²) >= 11 is 1.43. The molecule has 1 atom stereocenters. The Labute approximate surface area is 86.8 Å². The molecule has 4 heteroatoms. The number of hydrogen-bond acceptors (Lipinski definition) is 3. The van der Waals surface area contributed by atoms with Crippen LogP contribution in [-0.4, -0.2) is 22.4 Å². The van der Waals surface area contributed by atoms with Gasteiger partial charge in [-0.05, 0) is 30.9 Å². The lowest BCUT2D eigenvalue weighted by Crippen LogP contribution is -2.06. The highest BCUT2D eigenvalue weighted by Gasteiger charge is 2.14. The first kappa shape index (κ1) is 10.9. The molecule has 14 heavy (non-hydrogen) atoms. The Morgan fingerprint density at radius 3 is 2.57 bits per heavy atom. The monoisotopic (exact) mass is 212 g/mol. The minimum Gasteiger partial charge on any atom is -0.507 e. The molecule has 2 N–H and O–H groups in total. The van der Waals surface area contributed by atoms with Gasteiger partial charge >= 0.3 is 5.97 Å². The number of phenolic OH excluding ortho intramolecular Hbond substituents is 1. The Morgan fingerprint density at radius 1 is 1.50 bits per heavy atom. The Morgan fingerprint density at radius 2 is 2.14 bits per heavy atom. The predicted octanol–water partition coefficient (Wildman–Crippen LogP) is 2.30. The van der Waals surface area contributed by atoms with E-state index in [9.17, 15) is 9.90 Å². The molecule has 0 aliphatic heterocycles. The van der Waals surface area contributed by atoms with Crippen molar-refractivity contribution in [1.29, 1.82) is 0 Å². The fourth-order valence-electron chi connectivity index (χ4n) is 1.12. The Hall–Kier alpha value is -1.16. The second-order valence-corrected chi connectivity index (χ2v) is 3.84. The van der Waals surface area contributed by atoms with E-state index in [0.717, 1.165) is 4.90 Å². The number of aliphatic carboxylic acids is 1. The third kappa shape index (κ3) is 2.20. The molecule has 0 radical (unpaired) electrons. The second-order valence-electron chi connectivity index (χ2n) is 2.99. The summed E-state index contributed by atoms with van der Waals surface area (Å²) in [5.41, 5.74) is 0.618. The summed E-state index contributed by atoms with van der Waals surface area (Å²) in [6.45, 7) is 1.59. The Bertz CT molecular complexity index is 349. The van der Waals surface area contributed by atoms with Crippen LogP contribution in [0.25, 0.3) is 0 Å².